The summed E-state index contributed by atoms with van der Waals surface area (Å²) < 4.78 is 4.72. The number of hydrogen-bond acceptors (Lipinski definition) is 4. The molecule has 0 spiro atoms. The summed E-state index contributed by atoms with van der Waals surface area (Å²) >= 11 is 1.18. The minimum atomic E-state index is -0.165. The van der Waals surface area contributed by atoms with E-state index in [9.17, 15) is 4.79 Å². The Labute approximate surface area is 65.5 Å². The molecule has 0 atom stereocenters. The SMILES string of the molecule is CCC(=O)OSCCCN. The summed E-state index contributed by atoms with van der Waals surface area (Å²) in [7, 11) is 0. The Morgan fingerprint density at radius 1 is 1.70 bits per heavy atom. The molecule has 0 aliphatic rings. The van der Waals surface area contributed by atoms with Crippen LogP contribution < -0.4 is 5.73 Å². The summed E-state index contributed by atoms with van der Waals surface area (Å²) in [5.41, 5.74) is 5.22. The Bertz CT molecular complexity index is 97.7. The topological polar surface area (TPSA) is 52.3 Å². The van der Waals surface area contributed by atoms with Crippen molar-refractivity contribution in [1.29, 1.82) is 0 Å². The van der Waals surface area contributed by atoms with E-state index in [0.717, 1.165) is 12.2 Å². The lowest BCUT2D eigenvalue weighted by atomic mass is 10.5. The van der Waals surface area contributed by atoms with Crippen molar-refractivity contribution in [3.63, 3.8) is 0 Å². The molecular formula is C6H13NO2S. The normalized spacial score (nSPS) is 9.40. The Hall–Kier alpha value is -0.220. The van der Waals surface area contributed by atoms with Gasteiger partial charge in [-0.2, -0.15) is 0 Å². The minimum Gasteiger partial charge on any atom is -0.391 e. The van der Waals surface area contributed by atoms with Gasteiger partial charge in [-0.15, -0.1) is 0 Å². The number of carbonyl (C=O) groups excluding carboxylic acids is 1. The molecule has 0 saturated carbocycles. The smallest absolute Gasteiger partial charge is 0.317 e. The molecule has 0 unspecified atom stereocenters. The Morgan fingerprint density at radius 2 is 2.40 bits per heavy atom. The maximum Gasteiger partial charge on any atom is 0.317 e. The molecule has 2 N–H and O–H groups in total. The van der Waals surface area contributed by atoms with Gasteiger partial charge < -0.3 is 9.92 Å². The first-order valence-corrected chi connectivity index (χ1v) is 4.24. The van der Waals surface area contributed by atoms with Gasteiger partial charge in [0.2, 0.25) is 0 Å². The van der Waals surface area contributed by atoms with Crippen LogP contribution in [-0.2, 0) is 8.98 Å². The zero-order valence-corrected chi connectivity index (χ0v) is 6.95. The number of hydrogen-bond donors (Lipinski definition) is 1. The first-order chi connectivity index (χ1) is 4.81. The van der Waals surface area contributed by atoms with Crippen LogP contribution in [-0.4, -0.2) is 18.3 Å². The molecular weight excluding hydrogens is 150 g/mol. The molecule has 60 valence electrons. The van der Waals surface area contributed by atoms with Crippen LogP contribution in [0.1, 0.15) is 19.8 Å². The molecule has 0 aromatic carbocycles. The quantitative estimate of drug-likeness (QED) is 0.484. The van der Waals surface area contributed by atoms with E-state index in [0.29, 0.717) is 13.0 Å². The zero-order chi connectivity index (χ0) is 7.82. The van der Waals surface area contributed by atoms with Gasteiger partial charge in [0.15, 0.2) is 0 Å². The minimum absolute atomic E-state index is 0.165. The van der Waals surface area contributed by atoms with Gasteiger partial charge in [-0.1, -0.05) is 6.92 Å². The van der Waals surface area contributed by atoms with Gasteiger partial charge >= 0.3 is 5.97 Å². The standard InChI is InChI=1S/C6H13NO2S/c1-2-6(8)9-10-5-3-4-7/h2-5,7H2,1H3. The molecule has 0 heterocycles. The highest BCUT2D eigenvalue weighted by Crippen LogP contribution is 2.04. The van der Waals surface area contributed by atoms with Crippen LogP contribution in [0.4, 0.5) is 0 Å². The van der Waals surface area contributed by atoms with E-state index in [4.69, 9.17) is 9.92 Å². The summed E-state index contributed by atoms with van der Waals surface area (Å²) in [6.07, 6.45) is 1.33. The van der Waals surface area contributed by atoms with Crippen molar-refractivity contribution in [1.82, 2.24) is 0 Å². The Morgan fingerprint density at radius 3 is 2.90 bits per heavy atom. The molecule has 4 heteroatoms. The second-order valence-electron chi connectivity index (χ2n) is 1.77. The van der Waals surface area contributed by atoms with Crippen molar-refractivity contribution in [2.75, 3.05) is 12.3 Å². The predicted molar refractivity (Wildman–Crippen MR) is 42.5 cm³/mol. The summed E-state index contributed by atoms with van der Waals surface area (Å²) in [4.78, 5) is 10.5. The lowest BCUT2D eigenvalue weighted by molar-refractivity contribution is -0.132. The van der Waals surface area contributed by atoms with E-state index in [1.165, 1.54) is 12.0 Å². The van der Waals surface area contributed by atoms with Crippen molar-refractivity contribution in [3.8, 4) is 0 Å². The van der Waals surface area contributed by atoms with E-state index < -0.39 is 0 Å². The third-order valence-corrected chi connectivity index (χ3v) is 1.63. The highest BCUT2D eigenvalue weighted by atomic mass is 32.2. The maximum absolute atomic E-state index is 10.5. The van der Waals surface area contributed by atoms with Crippen molar-refractivity contribution >= 4 is 18.0 Å². The predicted octanol–water partition coefficient (Wildman–Crippen LogP) is 0.937. The van der Waals surface area contributed by atoms with Crippen molar-refractivity contribution in [2.24, 2.45) is 5.73 Å². The van der Waals surface area contributed by atoms with Crippen molar-refractivity contribution in [2.45, 2.75) is 19.8 Å². The van der Waals surface area contributed by atoms with Gasteiger partial charge in [0.1, 0.15) is 0 Å². The fourth-order valence-corrected chi connectivity index (χ4v) is 0.926. The number of rotatable bonds is 5. The average molecular weight is 163 g/mol. The Kier molecular flexibility index (Phi) is 6.74. The van der Waals surface area contributed by atoms with Crippen molar-refractivity contribution in [3.05, 3.63) is 0 Å². The van der Waals surface area contributed by atoms with Gasteiger partial charge in [0.25, 0.3) is 0 Å². The molecule has 10 heavy (non-hydrogen) atoms. The first-order valence-electron chi connectivity index (χ1n) is 3.33. The summed E-state index contributed by atoms with van der Waals surface area (Å²) in [6.45, 7) is 2.42. The molecule has 0 rings (SSSR count). The number of carbonyl (C=O) groups is 1. The van der Waals surface area contributed by atoms with Crippen LogP contribution in [0.3, 0.4) is 0 Å². The highest BCUT2D eigenvalue weighted by Gasteiger charge is 1.97. The van der Waals surface area contributed by atoms with E-state index in [-0.39, 0.29) is 5.97 Å². The van der Waals surface area contributed by atoms with E-state index in [1.807, 2.05) is 0 Å². The fraction of sp³-hybridized carbons (Fsp3) is 0.833. The molecule has 0 bridgehead atoms. The second kappa shape index (κ2) is 6.89. The average Bonchev–Trinajstić information content (AvgIpc) is 1.98. The second-order valence-corrected chi connectivity index (χ2v) is 2.58. The van der Waals surface area contributed by atoms with Gasteiger partial charge in [0, 0.05) is 12.2 Å². The van der Waals surface area contributed by atoms with E-state index >= 15 is 0 Å². The Balaban J connectivity index is 2.96. The maximum atomic E-state index is 10.5. The summed E-state index contributed by atoms with van der Waals surface area (Å²) in [5, 5.41) is 0. The largest absolute Gasteiger partial charge is 0.391 e. The lowest BCUT2D eigenvalue weighted by Crippen LogP contribution is -2.01. The van der Waals surface area contributed by atoms with Crippen LogP contribution >= 0.6 is 12.0 Å². The summed E-state index contributed by atoms with van der Waals surface area (Å²) in [6, 6.07) is 0. The summed E-state index contributed by atoms with van der Waals surface area (Å²) in [5.74, 6) is 0.629. The molecule has 0 saturated heterocycles. The molecule has 0 aliphatic heterocycles. The first kappa shape index (κ1) is 9.78. The van der Waals surface area contributed by atoms with E-state index in [1.54, 1.807) is 6.92 Å². The van der Waals surface area contributed by atoms with Gasteiger partial charge in [-0.25, -0.2) is 0 Å². The molecule has 0 aromatic rings. The third-order valence-electron chi connectivity index (χ3n) is 0.872. The third kappa shape index (κ3) is 5.91. The van der Waals surface area contributed by atoms with Crippen molar-refractivity contribution < 1.29 is 8.98 Å². The molecule has 3 nitrogen and oxygen atoms in total. The number of nitrogens with two attached hydrogens (primary N) is 1. The molecule has 0 fully saturated rings. The van der Waals surface area contributed by atoms with E-state index in [2.05, 4.69) is 0 Å². The van der Waals surface area contributed by atoms with Gasteiger partial charge in [-0.05, 0) is 13.0 Å². The lowest BCUT2D eigenvalue weighted by Gasteiger charge is -1.98. The highest BCUT2D eigenvalue weighted by molar-refractivity contribution is 7.95. The van der Waals surface area contributed by atoms with Crippen LogP contribution in [0.25, 0.3) is 0 Å². The molecule has 0 radical (unpaired) electrons. The van der Waals surface area contributed by atoms with Crippen LogP contribution in [0.5, 0.6) is 0 Å². The monoisotopic (exact) mass is 163 g/mol. The van der Waals surface area contributed by atoms with Crippen LogP contribution in [0.15, 0.2) is 0 Å². The van der Waals surface area contributed by atoms with Gasteiger partial charge in [-0.3, -0.25) is 4.79 Å². The van der Waals surface area contributed by atoms with Crippen LogP contribution in [0, 0.1) is 0 Å². The molecule has 0 aromatic heterocycles. The molecule has 0 amide bonds. The van der Waals surface area contributed by atoms with Crippen LogP contribution in [0.2, 0.25) is 0 Å². The van der Waals surface area contributed by atoms with Gasteiger partial charge in [0.05, 0.1) is 12.0 Å². The zero-order valence-electron chi connectivity index (χ0n) is 6.13. The molecule has 0 aliphatic carbocycles. The fourth-order valence-electron chi connectivity index (χ4n) is 0.309.